The molecule has 0 aromatic carbocycles. The average molecular weight is 206 g/mol. The summed E-state index contributed by atoms with van der Waals surface area (Å²) in [5.74, 6) is 0. The standard InChI is InChI=1S/C9H23N2OP/c1-6-7-13(12,10-8(2)3)11-9(4)5/h8-9H,6-7H2,1-5H3,(H2,10,11,12). The van der Waals surface area contributed by atoms with Gasteiger partial charge in [-0.25, -0.2) is 0 Å². The van der Waals surface area contributed by atoms with E-state index in [2.05, 4.69) is 17.1 Å². The number of hydrogen-bond donors (Lipinski definition) is 2. The van der Waals surface area contributed by atoms with Crippen molar-refractivity contribution in [1.82, 2.24) is 10.2 Å². The maximum absolute atomic E-state index is 12.2. The molecule has 0 atom stereocenters. The van der Waals surface area contributed by atoms with E-state index in [4.69, 9.17) is 0 Å². The largest absolute Gasteiger partial charge is 0.289 e. The minimum Gasteiger partial charge on any atom is -0.289 e. The highest BCUT2D eigenvalue weighted by atomic mass is 31.2. The van der Waals surface area contributed by atoms with Crippen LogP contribution in [0.15, 0.2) is 0 Å². The maximum Gasteiger partial charge on any atom is 0.211 e. The first-order valence-electron chi connectivity index (χ1n) is 5.04. The van der Waals surface area contributed by atoms with Gasteiger partial charge in [-0.3, -0.25) is 14.7 Å². The number of nitrogens with one attached hydrogen (secondary N) is 2. The summed E-state index contributed by atoms with van der Waals surface area (Å²) < 4.78 is 12.2. The van der Waals surface area contributed by atoms with Crippen LogP contribution in [0.25, 0.3) is 0 Å². The van der Waals surface area contributed by atoms with Crippen molar-refractivity contribution in [2.75, 3.05) is 6.16 Å². The Morgan fingerprint density at radius 1 is 1.08 bits per heavy atom. The van der Waals surface area contributed by atoms with Gasteiger partial charge in [0.1, 0.15) is 0 Å². The van der Waals surface area contributed by atoms with Gasteiger partial charge in [0.25, 0.3) is 0 Å². The molecule has 0 aromatic rings. The Morgan fingerprint density at radius 3 is 1.69 bits per heavy atom. The summed E-state index contributed by atoms with van der Waals surface area (Å²) in [5, 5.41) is 6.27. The van der Waals surface area contributed by atoms with Crippen LogP contribution in [0.1, 0.15) is 41.0 Å². The summed E-state index contributed by atoms with van der Waals surface area (Å²) in [6, 6.07) is 0.535. The van der Waals surface area contributed by atoms with Crippen molar-refractivity contribution in [3.63, 3.8) is 0 Å². The molecule has 0 spiro atoms. The molecule has 0 amide bonds. The Kier molecular flexibility index (Phi) is 5.86. The second kappa shape index (κ2) is 5.79. The first-order valence-corrected chi connectivity index (χ1v) is 6.93. The molecule has 0 heterocycles. The van der Waals surface area contributed by atoms with Crippen molar-refractivity contribution in [2.45, 2.75) is 53.1 Å². The smallest absolute Gasteiger partial charge is 0.211 e. The third-order valence-electron chi connectivity index (χ3n) is 1.47. The van der Waals surface area contributed by atoms with Crippen LogP contribution < -0.4 is 10.2 Å². The average Bonchev–Trinajstić information content (AvgIpc) is 1.81. The van der Waals surface area contributed by atoms with E-state index in [1.54, 1.807) is 0 Å². The molecule has 0 rings (SSSR count). The van der Waals surface area contributed by atoms with E-state index in [-0.39, 0.29) is 12.1 Å². The molecule has 80 valence electrons. The number of hydrogen-bond acceptors (Lipinski definition) is 1. The minimum atomic E-state index is -2.33. The van der Waals surface area contributed by atoms with Gasteiger partial charge in [-0.15, -0.1) is 0 Å². The van der Waals surface area contributed by atoms with Crippen molar-refractivity contribution in [3.05, 3.63) is 0 Å². The van der Waals surface area contributed by atoms with Crippen LogP contribution in [0.5, 0.6) is 0 Å². The summed E-state index contributed by atoms with van der Waals surface area (Å²) in [5.41, 5.74) is 0. The van der Waals surface area contributed by atoms with E-state index < -0.39 is 7.44 Å². The maximum atomic E-state index is 12.2. The van der Waals surface area contributed by atoms with Crippen molar-refractivity contribution in [2.24, 2.45) is 0 Å². The van der Waals surface area contributed by atoms with Crippen LogP contribution in [0.2, 0.25) is 0 Å². The van der Waals surface area contributed by atoms with Gasteiger partial charge in [-0.05, 0) is 34.1 Å². The molecule has 0 saturated carbocycles. The molecule has 0 radical (unpaired) electrons. The second-order valence-electron chi connectivity index (χ2n) is 4.03. The highest BCUT2D eigenvalue weighted by Gasteiger charge is 2.21. The van der Waals surface area contributed by atoms with Gasteiger partial charge in [-0.1, -0.05) is 6.92 Å². The Bertz CT molecular complexity index is 166. The predicted molar refractivity (Wildman–Crippen MR) is 59.3 cm³/mol. The van der Waals surface area contributed by atoms with Crippen molar-refractivity contribution < 1.29 is 4.57 Å². The molecule has 0 fully saturated rings. The second-order valence-corrected chi connectivity index (χ2v) is 6.47. The number of rotatable bonds is 6. The third-order valence-corrected chi connectivity index (χ3v) is 4.42. The molecule has 0 aliphatic rings. The summed E-state index contributed by atoms with van der Waals surface area (Å²) >= 11 is 0. The first kappa shape index (κ1) is 13.2. The minimum absolute atomic E-state index is 0.267. The van der Waals surface area contributed by atoms with Gasteiger partial charge in [0.2, 0.25) is 7.44 Å². The molecule has 0 bridgehead atoms. The summed E-state index contributed by atoms with van der Waals surface area (Å²) in [7, 11) is -2.33. The molecule has 13 heavy (non-hydrogen) atoms. The molecular formula is C9H23N2OP. The van der Waals surface area contributed by atoms with Gasteiger partial charge in [0.15, 0.2) is 0 Å². The van der Waals surface area contributed by atoms with E-state index in [0.717, 1.165) is 12.6 Å². The summed E-state index contributed by atoms with van der Waals surface area (Å²) in [4.78, 5) is 0. The fourth-order valence-electron chi connectivity index (χ4n) is 1.32. The van der Waals surface area contributed by atoms with Gasteiger partial charge in [-0.2, -0.15) is 0 Å². The molecule has 0 aromatic heterocycles. The molecule has 0 saturated heterocycles. The summed E-state index contributed by atoms with van der Waals surface area (Å²) in [6.07, 6.45) is 1.67. The molecule has 3 nitrogen and oxygen atoms in total. The Labute approximate surface area is 82.2 Å². The highest BCUT2D eigenvalue weighted by Crippen LogP contribution is 2.37. The quantitative estimate of drug-likeness (QED) is 0.656. The Hall–Kier alpha value is 0.150. The lowest BCUT2D eigenvalue weighted by atomic mass is 10.4. The van der Waals surface area contributed by atoms with Gasteiger partial charge >= 0.3 is 0 Å². The van der Waals surface area contributed by atoms with E-state index in [9.17, 15) is 4.57 Å². The lowest BCUT2D eigenvalue weighted by Crippen LogP contribution is -2.32. The summed E-state index contributed by atoms with van der Waals surface area (Å²) in [6.45, 7) is 10.1. The molecular weight excluding hydrogens is 183 g/mol. The van der Waals surface area contributed by atoms with Crippen molar-refractivity contribution >= 4 is 7.44 Å². The predicted octanol–water partition coefficient (Wildman–Crippen LogP) is 2.59. The van der Waals surface area contributed by atoms with Gasteiger partial charge in [0.05, 0.1) is 0 Å². The van der Waals surface area contributed by atoms with E-state index in [1.807, 2.05) is 27.7 Å². The lowest BCUT2D eigenvalue weighted by molar-refractivity contribution is 0.533. The van der Waals surface area contributed by atoms with Gasteiger partial charge in [0, 0.05) is 18.2 Å². The molecule has 2 N–H and O–H groups in total. The molecule has 0 unspecified atom stereocenters. The zero-order chi connectivity index (χ0) is 10.5. The molecule has 0 aliphatic carbocycles. The SMILES string of the molecule is CCCP(=O)(NC(C)C)NC(C)C. The fraction of sp³-hybridized carbons (Fsp3) is 1.00. The van der Waals surface area contributed by atoms with Crippen LogP contribution >= 0.6 is 7.44 Å². The topological polar surface area (TPSA) is 41.1 Å². The van der Waals surface area contributed by atoms with Crippen LogP contribution in [-0.2, 0) is 4.57 Å². The molecule has 4 heteroatoms. The fourth-order valence-corrected chi connectivity index (χ4v) is 3.95. The lowest BCUT2D eigenvalue weighted by Gasteiger charge is -2.24. The zero-order valence-corrected chi connectivity index (χ0v) is 10.3. The monoisotopic (exact) mass is 206 g/mol. The van der Waals surface area contributed by atoms with Crippen LogP contribution in [0.4, 0.5) is 0 Å². The third kappa shape index (κ3) is 6.25. The Morgan fingerprint density at radius 2 is 1.46 bits per heavy atom. The Balaban J connectivity index is 4.25. The first-order chi connectivity index (χ1) is 5.89. The zero-order valence-electron chi connectivity index (χ0n) is 9.42. The molecule has 0 aliphatic heterocycles. The normalized spacial score (nSPS) is 12.8. The van der Waals surface area contributed by atoms with E-state index in [0.29, 0.717) is 0 Å². The van der Waals surface area contributed by atoms with Crippen molar-refractivity contribution in [1.29, 1.82) is 0 Å². The van der Waals surface area contributed by atoms with Crippen LogP contribution in [0, 0.1) is 0 Å². The van der Waals surface area contributed by atoms with E-state index in [1.165, 1.54) is 0 Å². The van der Waals surface area contributed by atoms with Crippen molar-refractivity contribution in [3.8, 4) is 0 Å². The highest BCUT2D eigenvalue weighted by molar-refractivity contribution is 7.59. The van der Waals surface area contributed by atoms with Crippen LogP contribution in [-0.4, -0.2) is 18.2 Å². The van der Waals surface area contributed by atoms with E-state index >= 15 is 0 Å². The van der Waals surface area contributed by atoms with Gasteiger partial charge < -0.3 is 0 Å². The van der Waals surface area contributed by atoms with Crippen LogP contribution in [0.3, 0.4) is 0 Å².